The molecule has 9 nitrogen and oxygen atoms in total. The number of amides is 2. The van der Waals surface area contributed by atoms with Gasteiger partial charge in [0.25, 0.3) is 5.91 Å². The van der Waals surface area contributed by atoms with Gasteiger partial charge >= 0.3 is 5.97 Å². The fourth-order valence-corrected chi connectivity index (χ4v) is 6.40. The molecule has 3 aliphatic rings. The minimum atomic E-state index is -0.496. The Morgan fingerprint density at radius 1 is 1.15 bits per heavy atom. The first-order chi connectivity index (χ1) is 18.8. The molecule has 0 aliphatic carbocycles. The number of carbonyl (C=O) groups is 3. The van der Waals surface area contributed by atoms with Crippen LogP contribution in [0.15, 0.2) is 51.6 Å². The van der Waals surface area contributed by atoms with Gasteiger partial charge in [-0.05, 0) is 52.0 Å². The lowest BCUT2D eigenvalue weighted by atomic mass is 9.92. The van der Waals surface area contributed by atoms with Crippen molar-refractivity contribution in [2.45, 2.75) is 53.0 Å². The van der Waals surface area contributed by atoms with Gasteiger partial charge in [0.15, 0.2) is 5.17 Å². The molecule has 0 spiro atoms. The molecule has 0 bridgehead atoms. The summed E-state index contributed by atoms with van der Waals surface area (Å²) >= 11 is 1.45. The molecule has 1 aromatic carbocycles. The third-order valence-electron chi connectivity index (χ3n) is 7.44. The van der Waals surface area contributed by atoms with Crippen LogP contribution < -0.4 is 4.74 Å². The Morgan fingerprint density at radius 2 is 1.90 bits per heavy atom. The van der Waals surface area contributed by atoms with Crippen LogP contribution in [-0.4, -0.2) is 77.5 Å². The van der Waals surface area contributed by atoms with E-state index in [9.17, 15) is 14.4 Å². The number of hydrogen-bond acceptors (Lipinski definition) is 8. The minimum absolute atomic E-state index is 0.0567. The number of carbonyl (C=O) groups excluding carboxylic acids is 3. The number of esters is 1. The number of nitrogens with zero attached hydrogens (tertiary/aromatic N) is 4. The second-order valence-electron chi connectivity index (χ2n) is 9.72. The van der Waals surface area contributed by atoms with Crippen LogP contribution in [0.4, 0.5) is 0 Å². The van der Waals surface area contributed by atoms with Crippen molar-refractivity contribution in [1.82, 2.24) is 14.7 Å². The lowest BCUT2D eigenvalue weighted by Gasteiger charge is -2.39. The van der Waals surface area contributed by atoms with E-state index in [-0.39, 0.29) is 30.1 Å². The molecule has 3 aliphatic heterocycles. The number of amidine groups is 1. The number of methoxy groups -OCH3 is 1. The minimum Gasteiger partial charge on any atom is -0.496 e. The molecule has 3 heterocycles. The molecular formula is C29H38N4O5S. The second-order valence-corrected chi connectivity index (χ2v) is 10.6. The monoisotopic (exact) mass is 554 g/mol. The highest BCUT2D eigenvalue weighted by Gasteiger charge is 2.43. The van der Waals surface area contributed by atoms with Crippen LogP contribution in [0.3, 0.4) is 0 Å². The first-order valence-corrected chi connectivity index (χ1v) is 14.5. The van der Waals surface area contributed by atoms with E-state index in [1.165, 1.54) is 11.8 Å². The molecule has 0 saturated carbocycles. The van der Waals surface area contributed by atoms with E-state index in [2.05, 4.69) is 0 Å². The first kappa shape index (κ1) is 28.7. The Hall–Kier alpha value is -3.27. The normalized spacial score (nSPS) is 20.7. The molecule has 39 heavy (non-hydrogen) atoms. The van der Waals surface area contributed by atoms with Gasteiger partial charge in [-0.1, -0.05) is 30.0 Å². The zero-order valence-electron chi connectivity index (χ0n) is 23.4. The zero-order valence-corrected chi connectivity index (χ0v) is 24.3. The second kappa shape index (κ2) is 12.7. The number of aliphatic imine (C=N–C) groups is 1. The van der Waals surface area contributed by atoms with Gasteiger partial charge in [-0.25, -0.2) is 4.99 Å². The number of para-hydroxylation sites is 1. The van der Waals surface area contributed by atoms with Gasteiger partial charge in [0.1, 0.15) is 5.75 Å². The molecule has 0 N–H and O–H groups in total. The SMILES string of the molecule is CCOC(=O)C1CCCN(C(=O)CC2=CSC3=NC(C)=C(C(=O)N(CC)CC)C(c4ccccc4OC)N23)C1. The Morgan fingerprint density at radius 3 is 2.59 bits per heavy atom. The highest BCUT2D eigenvalue weighted by molar-refractivity contribution is 8.16. The molecule has 1 saturated heterocycles. The fraction of sp³-hybridized carbons (Fsp3) is 0.517. The van der Waals surface area contributed by atoms with E-state index < -0.39 is 6.04 Å². The van der Waals surface area contributed by atoms with Crippen LogP contribution in [0.2, 0.25) is 0 Å². The van der Waals surface area contributed by atoms with Crippen molar-refractivity contribution in [2.75, 3.05) is 39.9 Å². The van der Waals surface area contributed by atoms with E-state index in [4.69, 9.17) is 14.5 Å². The van der Waals surface area contributed by atoms with Crippen molar-refractivity contribution in [1.29, 1.82) is 0 Å². The van der Waals surface area contributed by atoms with Gasteiger partial charge in [0, 0.05) is 37.4 Å². The summed E-state index contributed by atoms with van der Waals surface area (Å²) in [4.78, 5) is 50.1. The number of hydrogen-bond donors (Lipinski definition) is 0. The molecular weight excluding hydrogens is 516 g/mol. The molecule has 4 rings (SSSR count). The Balaban J connectivity index is 1.67. The maximum absolute atomic E-state index is 13.9. The van der Waals surface area contributed by atoms with E-state index >= 15 is 0 Å². The average Bonchev–Trinajstić information content (AvgIpc) is 3.34. The molecule has 2 atom stereocenters. The lowest BCUT2D eigenvalue weighted by molar-refractivity contribution is -0.151. The summed E-state index contributed by atoms with van der Waals surface area (Å²) in [7, 11) is 1.62. The van der Waals surface area contributed by atoms with Crippen LogP contribution >= 0.6 is 11.8 Å². The summed E-state index contributed by atoms with van der Waals surface area (Å²) in [5.41, 5.74) is 2.85. The van der Waals surface area contributed by atoms with Gasteiger partial charge < -0.3 is 24.2 Å². The summed E-state index contributed by atoms with van der Waals surface area (Å²) < 4.78 is 10.9. The standard InChI is InChI=1S/C29H38N4O5S/c1-6-31(7-2)27(35)25-19(4)30-29-33(26(25)22-13-9-10-14-23(22)37-5)21(18-39-29)16-24(34)32-15-11-12-20(17-32)28(36)38-8-3/h9-10,13-14,18,20,26H,6-8,11-12,15-17H2,1-5H3. The largest absolute Gasteiger partial charge is 0.496 e. The third-order valence-corrected chi connectivity index (χ3v) is 8.33. The molecule has 10 heteroatoms. The number of likely N-dealkylation sites (N-methyl/N-ethyl adjacent to an activating group) is 1. The van der Waals surface area contributed by atoms with Crippen LogP contribution in [0, 0.1) is 5.92 Å². The van der Waals surface area contributed by atoms with E-state index in [1.54, 1.807) is 23.8 Å². The summed E-state index contributed by atoms with van der Waals surface area (Å²) in [5, 5.41) is 2.68. The molecule has 1 aromatic rings. The predicted octanol–water partition coefficient (Wildman–Crippen LogP) is 4.33. The van der Waals surface area contributed by atoms with E-state index in [1.807, 2.05) is 55.3 Å². The number of benzene rings is 1. The number of thioether (sulfide) groups is 1. The van der Waals surface area contributed by atoms with Crippen molar-refractivity contribution in [3.63, 3.8) is 0 Å². The Kier molecular flexibility index (Phi) is 9.37. The number of ether oxygens (including phenoxy) is 2. The van der Waals surface area contributed by atoms with Crippen LogP contribution in [0.5, 0.6) is 5.75 Å². The van der Waals surface area contributed by atoms with Crippen molar-refractivity contribution in [3.8, 4) is 5.75 Å². The van der Waals surface area contributed by atoms with Crippen molar-refractivity contribution in [3.05, 3.63) is 52.2 Å². The number of piperidine rings is 1. The predicted molar refractivity (Wildman–Crippen MR) is 152 cm³/mol. The first-order valence-electron chi connectivity index (χ1n) is 13.6. The van der Waals surface area contributed by atoms with Crippen molar-refractivity contribution < 1.29 is 23.9 Å². The lowest BCUT2D eigenvalue weighted by Crippen LogP contribution is -2.44. The highest BCUT2D eigenvalue weighted by Crippen LogP contribution is 2.47. The summed E-state index contributed by atoms with van der Waals surface area (Å²) in [6.07, 6.45) is 1.62. The average molecular weight is 555 g/mol. The Labute approximate surface area is 234 Å². The molecule has 2 amide bonds. The fourth-order valence-electron chi connectivity index (χ4n) is 5.43. The Bertz CT molecular complexity index is 1210. The number of allylic oxidation sites excluding steroid dienone is 1. The van der Waals surface area contributed by atoms with Gasteiger partial charge in [-0.15, -0.1) is 0 Å². The van der Waals surface area contributed by atoms with Crippen LogP contribution in [0.25, 0.3) is 0 Å². The molecule has 2 unspecified atom stereocenters. The maximum atomic E-state index is 13.9. The van der Waals surface area contributed by atoms with Gasteiger partial charge in [0.2, 0.25) is 5.91 Å². The molecule has 210 valence electrons. The zero-order chi connectivity index (χ0) is 28.1. The summed E-state index contributed by atoms with van der Waals surface area (Å²) in [6.45, 7) is 10.0. The van der Waals surface area contributed by atoms with Crippen LogP contribution in [-0.2, 0) is 19.1 Å². The summed E-state index contributed by atoms with van der Waals surface area (Å²) in [5.74, 6) is -0.0115. The molecule has 0 radical (unpaired) electrons. The van der Waals surface area contributed by atoms with Crippen LogP contribution in [0.1, 0.15) is 58.6 Å². The van der Waals surface area contributed by atoms with Crippen molar-refractivity contribution >= 4 is 34.7 Å². The quantitative estimate of drug-likeness (QED) is 0.420. The smallest absolute Gasteiger partial charge is 0.310 e. The summed E-state index contributed by atoms with van der Waals surface area (Å²) in [6, 6.07) is 7.18. The van der Waals surface area contributed by atoms with Gasteiger partial charge in [-0.3, -0.25) is 14.4 Å². The number of rotatable bonds is 9. The topological polar surface area (TPSA) is 91.7 Å². The van der Waals surface area contributed by atoms with E-state index in [0.717, 1.165) is 29.3 Å². The number of fused-ring (bicyclic) bond motifs is 1. The van der Waals surface area contributed by atoms with Gasteiger partial charge in [-0.2, -0.15) is 0 Å². The van der Waals surface area contributed by atoms with E-state index in [0.29, 0.717) is 49.8 Å². The van der Waals surface area contributed by atoms with Gasteiger partial charge in [0.05, 0.1) is 43.4 Å². The third kappa shape index (κ3) is 5.85. The molecule has 0 aromatic heterocycles. The maximum Gasteiger partial charge on any atom is 0.310 e. The highest BCUT2D eigenvalue weighted by atomic mass is 32.2. The molecule has 1 fully saturated rings. The van der Waals surface area contributed by atoms with Crippen molar-refractivity contribution in [2.24, 2.45) is 10.9 Å². The number of likely N-dealkylation sites (tertiary alicyclic amines) is 1.